The third-order valence-electron chi connectivity index (χ3n) is 3.69. The number of hydrogen-bond acceptors (Lipinski definition) is 2. The van der Waals surface area contributed by atoms with E-state index in [1.54, 1.807) is 11.9 Å². The van der Waals surface area contributed by atoms with Crippen molar-refractivity contribution < 1.29 is 4.79 Å². The number of carbonyl (C=O) groups excluding carboxylic acids is 1. The van der Waals surface area contributed by atoms with Crippen LogP contribution in [0.1, 0.15) is 11.1 Å². The molecule has 20 heavy (non-hydrogen) atoms. The van der Waals surface area contributed by atoms with E-state index in [1.807, 2.05) is 54.6 Å². The quantitative estimate of drug-likeness (QED) is 0.805. The summed E-state index contributed by atoms with van der Waals surface area (Å²) in [6.07, 6.45) is 0.583. The van der Waals surface area contributed by atoms with Crippen LogP contribution in [0.25, 0.3) is 5.70 Å². The second-order valence-electron chi connectivity index (χ2n) is 4.93. The highest BCUT2D eigenvalue weighted by Crippen LogP contribution is 2.31. The molecule has 1 heterocycles. The minimum absolute atomic E-state index is 0.0231. The van der Waals surface area contributed by atoms with Crippen LogP contribution in [0.2, 0.25) is 0 Å². The molecule has 0 spiro atoms. The molecular weight excluding hydrogens is 248 g/mol. The molecule has 3 heteroatoms. The highest BCUT2D eigenvalue weighted by atomic mass is 16.2. The molecule has 0 saturated heterocycles. The Morgan fingerprint density at radius 3 is 2.45 bits per heavy atom. The minimum Gasteiger partial charge on any atom is -0.398 e. The lowest BCUT2D eigenvalue weighted by Crippen LogP contribution is -2.34. The molecule has 0 bridgehead atoms. The van der Waals surface area contributed by atoms with Crippen molar-refractivity contribution in [1.82, 2.24) is 0 Å². The van der Waals surface area contributed by atoms with Crippen molar-refractivity contribution in [3.8, 4) is 0 Å². The zero-order valence-corrected chi connectivity index (χ0v) is 11.3. The van der Waals surface area contributed by atoms with Crippen LogP contribution in [-0.4, -0.2) is 13.0 Å². The van der Waals surface area contributed by atoms with Crippen LogP contribution in [-0.2, 0) is 11.2 Å². The third-order valence-corrected chi connectivity index (χ3v) is 3.69. The fraction of sp³-hybridized carbons (Fsp3) is 0.118. The van der Waals surface area contributed by atoms with Crippen LogP contribution in [0, 0.1) is 0 Å². The Bertz CT molecular complexity index is 689. The summed E-state index contributed by atoms with van der Waals surface area (Å²) in [5.74, 6) is -0.0231. The molecular formula is C17H16N2O. The van der Waals surface area contributed by atoms with Crippen molar-refractivity contribution in [2.75, 3.05) is 11.9 Å². The van der Waals surface area contributed by atoms with Gasteiger partial charge in [-0.15, -0.1) is 0 Å². The van der Waals surface area contributed by atoms with Crippen molar-refractivity contribution in [2.24, 2.45) is 5.73 Å². The number of benzene rings is 2. The number of anilines is 1. The Morgan fingerprint density at radius 1 is 1.05 bits per heavy atom. The largest absolute Gasteiger partial charge is 0.398 e. The van der Waals surface area contributed by atoms with Crippen LogP contribution in [0.3, 0.4) is 0 Å². The SMILES string of the molecule is CN1C(=O)/C(=C(\N)c2ccccc2)Cc2ccccc21. The topological polar surface area (TPSA) is 46.3 Å². The molecule has 3 nitrogen and oxygen atoms in total. The number of nitrogens with two attached hydrogens (primary N) is 1. The van der Waals surface area contributed by atoms with Gasteiger partial charge in [-0.2, -0.15) is 0 Å². The second-order valence-corrected chi connectivity index (χ2v) is 4.93. The van der Waals surface area contributed by atoms with Crippen molar-refractivity contribution >= 4 is 17.3 Å². The molecule has 0 radical (unpaired) electrons. The van der Waals surface area contributed by atoms with E-state index in [4.69, 9.17) is 5.73 Å². The maximum absolute atomic E-state index is 12.5. The van der Waals surface area contributed by atoms with E-state index in [0.717, 1.165) is 16.8 Å². The van der Waals surface area contributed by atoms with Crippen LogP contribution >= 0.6 is 0 Å². The van der Waals surface area contributed by atoms with E-state index in [1.165, 1.54) is 0 Å². The molecule has 0 saturated carbocycles. The molecule has 100 valence electrons. The summed E-state index contributed by atoms with van der Waals surface area (Å²) in [7, 11) is 1.79. The van der Waals surface area contributed by atoms with E-state index < -0.39 is 0 Å². The first-order chi connectivity index (χ1) is 9.68. The highest BCUT2D eigenvalue weighted by molar-refractivity contribution is 6.12. The van der Waals surface area contributed by atoms with E-state index >= 15 is 0 Å². The van der Waals surface area contributed by atoms with E-state index in [-0.39, 0.29) is 5.91 Å². The summed E-state index contributed by atoms with van der Waals surface area (Å²) in [5.41, 5.74) is 10.4. The first kappa shape index (κ1) is 12.5. The van der Waals surface area contributed by atoms with Gasteiger partial charge >= 0.3 is 0 Å². The number of para-hydroxylation sites is 1. The van der Waals surface area contributed by atoms with Gasteiger partial charge < -0.3 is 10.6 Å². The highest BCUT2D eigenvalue weighted by Gasteiger charge is 2.27. The monoisotopic (exact) mass is 264 g/mol. The van der Waals surface area contributed by atoms with Crippen molar-refractivity contribution in [3.05, 3.63) is 71.3 Å². The first-order valence-corrected chi connectivity index (χ1v) is 6.58. The molecule has 2 N–H and O–H groups in total. The van der Waals surface area contributed by atoms with Crippen LogP contribution in [0.15, 0.2) is 60.2 Å². The predicted molar refractivity (Wildman–Crippen MR) is 81.1 cm³/mol. The Hall–Kier alpha value is -2.55. The maximum Gasteiger partial charge on any atom is 0.256 e. The van der Waals surface area contributed by atoms with E-state index in [0.29, 0.717) is 17.7 Å². The van der Waals surface area contributed by atoms with Gasteiger partial charge in [0.05, 0.1) is 0 Å². The lowest BCUT2D eigenvalue weighted by Gasteiger charge is -2.28. The molecule has 0 atom stereocenters. The van der Waals surface area contributed by atoms with Gasteiger partial charge in [0.25, 0.3) is 5.91 Å². The smallest absolute Gasteiger partial charge is 0.256 e. The van der Waals surface area contributed by atoms with Gasteiger partial charge in [-0.1, -0.05) is 48.5 Å². The lowest BCUT2D eigenvalue weighted by atomic mass is 9.94. The summed E-state index contributed by atoms with van der Waals surface area (Å²) in [4.78, 5) is 14.2. The fourth-order valence-electron chi connectivity index (χ4n) is 2.57. The summed E-state index contributed by atoms with van der Waals surface area (Å²) < 4.78 is 0. The molecule has 2 aromatic carbocycles. The molecule has 0 unspecified atom stereocenters. The number of nitrogens with zero attached hydrogens (tertiary/aromatic N) is 1. The number of amides is 1. The number of likely N-dealkylation sites (N-methyl/N-ethyl adjacent to an activating group) is 1. The lowest BCUT2D eigenvalue weighted by molar-refractivity contribution is -0.115. The van der Waals surface area contributed by atoms with Crippen molar-refractivity contribution in [2.45, 2.75) is 6.42 Å². The normalized spacial score (nSPS) is 16.9. The Kier molecular flexibility index (Phi) is 3.03. The van der Waals surface area contributed by atoms with Gasteiger partial charge in [0.1, 0.15) is 0 Å². The van der Waals surface area contributed by atoms with Gasteiger partial charge in [0.15, 0.2) is 0 Å². The standard InChI is InChI=1S/C17H16N2O/c1-19-15-10-6-5-9-13(15)11-14(17(19)20)16(18)12-7-3-2-4-8-12/h2-10H,11,18H2,1H3/b16-14-. The molecule has 3 rings (SSSR count). The minimum atomic E-state index is -0.0231. The zero-order valence-electron chi connectivity index (χ0n) is 11.3. The molecule has 2 aromatic rings. The maximum atomic E-state index is 12.5. The first-order valence-electron chi connectivity index (χ1n) is 6.58. The van der Waals surface area contributed by atoms with Gasteiger partial charge in [0, 0.05) is 30.4 Å². The predicted octanol–water partition coefficient (Wildman–Crippen LogP) is 2.58. The second kappa shape index (κ2) is 4.85. The fourth-order valence-corrected chi connectivity index (χ4v) is 2.57. The summed E-state index contributed by atoms with van der Waals surface area (Å²) in [5, 5.41) is 0. The van der Waals surface area contributed by atoms with Gasteiger partial charge in [0.2, 0.25) is 0 Å². The molecule has 1 aliphatic heterocycles. The van der Waals surface area contributed by atoms with Gasteiger partial charge in [-0.25, -0.2) is 0 Å². The Morgan fingerprint density at radius 2 is 1.70 bits per heavy atom. The average molecular weight is 264 g/mol. The molecule has 0 fully saturated rings. The number of carbonyl (C=O) groups is 1. The van der Waals surface area contributed by atoms with Gasteiger partial charge in [-0.05, 0) is 17.2 Å². The summed E-state index contributed by atoms with van der Waals surface area (Å²) in [6, 6.07) is 17.6. The number of fused-ring (bicyclic) bond motifs is 1. The summed E-state index contributed by atoms with van der Waals surface area (Å²) in [6.45, 7) is 0. The van der Waals surface area contributed by atoms with Crippen LogP contribution < -0.4 is 10.6 Å². The average Bonchev–Trinajstić information content (AvgIpc) is 2.51. The van der Waals surface area contributed by atoms with E-state index in [2.05, 4.69) is 0 Å². The van der Waals surface area contributed by atoms with Crippen LogP contribution in [0.5, 0.6) is 0 Å². The number of hydrogen-bond donors (Lipinski definition) is 1. The zero-order chi connectivity index (χ0) is 14.1. The molecule has 0 aliphatic carbocycles. The Balaban J connectivity index is 2.11. The van der Waals surface area contributed by atoms with Crippen molar-refractivity contribution in [1.29, 1.82) is 0 Å². The number of rotatable bonds is 1. The molecule has 0 aromatic heterocycles. The summed E-state index contributed by atoms with van der Waals surface area (Å²) >= 11 is 0. The molecule has 1 aliphatic rings. The third kappa shape index (κ3) is 1.97. The van der Waals surface area contributed by atoms with Crippen LogP contribution in [0.4, 0.5) is 5.69 Å². The Labute approximate surface area is 118 Å². The van der Waals surface area contributed by atoms with E-state index in [9.17, 15) is 4.79 Å². The molecule has 1 amide bonds. The van der Waals surface area contributed by atoms with Gasteiger partial charge in [-0.3, -0.25) is 4.79 Å². The van der Waals surface area contributed by atoms with Crippen molar-refractivity contribution in [3.63, 3.8) is 0 Å².